The SMILES string of the molecule is CCC(C[C@@H](O)[C@@H]1O[C@H]1C[C@H]1C2=C(C(=O)OC2)[C@@H](O)C[C@]1(C)[C@]1(C)O[C@H]1[C@@H](C)O)C(C)C. The van der Waals surface area contributed by atoms with Crippen LogP contribution in [-0.2, 0) is 19.0 Å². The average Bonchev–Trinajstić information content (AvgIpc) is 3.60. The van der Waals surface area contributed by atoms with Crippen LogP contribution in [-0.4, -0.2) is 70.1 Å². The number of aliphatic hydroxyl groups is 3. The van der Waals surface area contributed by atoms with Crippen molar-refractivity contribution < 1.29 is 34.3 Å². The first-order valence-corrected chi connectivity index (χ1v) is 12.2. The number of cyclic esters (lactones) is 1. The zero-order valence-electron chi connectivity index (χ0n) is 20.2. The van der Waals surface area contributed by atoms with Crippen molar-refractivity contribution in [2.45, 2.75) is 109 Å². The summed E-state index contributed by atoms with van der Waals surface area (Å²) < 4.78 is 17.3. The lowest BCUT2D eigenvalue weighted by Crippen LogP contribution is -2.50. The molecule has 2 fully saturated rings. The summed E-state index contributed by atoms with van der Waals surface area (Å²) in [6.07, 6.45) is 0.0529. The maximum absolute atomic E-state index is 12.3. The quantitative estimate of drug-likeness (QED) is 0.364. The Morgan fingerprint density at radius 1 is 1.19 bits per heavy atom. The molecule has 10 atom stereocenters. The number of rotatable bonds is 9. The summed E-state index contributed by atoms with van der Waals surface area (Å²) in [4.78, 5) is 12.3. The molecule has 32 heavy (non-hydrogen) atoms. The van der Waals surface area contributed by atoms with E-state index >= 15 is 0 Å². The second-order valence-electron chi connectivity index (χ2n) is 11.2. The second kappa shape index (κ2) is 8.35. The monoisotopic (exact) mass is 452 g/mol. The Morgan fingerprint density at radius 2 is 1.88 bits per heavy atom. The van der Waals surface area contributed by atoms with E-state index in [2.05, 4.69) is 27.7 Å². The zero-order chi connectivity index (χ0) is 23.6. The molecule has 2 saturated heterocycles. The number of epoxide rings is 2. The van der Waals surface area contributed by atoms with Gasteiger partial charge in [-0.15, -0.1) is 0 Å². The highest BCUT2D eigenvalue weighted by molar-refractivity contribution is 5.93. The topological polar surface area (TPSA) is 112 Å². The Labute approximate surface area is 191 Å². The van der Waals surface area contributed by atoms with Gasteiger partial charge in [0.25, 0.3) is 0 Å². The van der Waals surface area contributed by atoms with Gasteiger partial charge >= 0.3 is 5.97 Å². The molecule has 0 aromatic rings. The first-order valence-electron chi connectivity index (χ1n) is 12.2. The van der Waals surface area contributed by atoms with Gasteiger partial charge in [-0.2, -0.15) is 0 Å². The van der Waals surface area contributed by atoms with Gasteiger partial charge in [-0.05, 0) is 56.4 Å². The predicted octanol–water partition coefficient (Wildman–Crippen LogP) is 2.36. The van der Waals surface area contributed by atoms with Gasteiger partial charge in [0, 0.05) is 5.41 Å². The third-order valence-electron chi connectivity index (χ3n) is 8.98. The van der Waals surface area contributed by atoms with Gasteiger partial charge in [0.15, 0.2) is 0 Å². The molecule has 0 saturated carbocycles. The fourth-order valence-corrected chi connectivity index (χ4v) is 6.57. The maximum Gasteiger partial charge on any atom is 0.337 e. The van der Waals surface area contributed by atoms with E-state index in [0.717, 1.165) is 18.4 Å². The van der Waals surface area contributed by atoms with Crippen LogP contribution in [0, 0.1) is 23.2 Å². The summed E-state index contributed by atoms with van der Waals surface area (Å²) in [5.41, 5.74) is 0.0838. The summed E-state index contributed by atoms with van der Waals surface area (Å²) in [6.45, 7) is 12.5. The van der Waals surface area contributed by atoms with Gasteiger partial charge in [0.1, 0.15) is 24.4 Å². The van der Waals surface area contributed by atoms with E-state index < -0.39 is 35.3 Å². The van der Waals surface area contributed by atoms with Crippen LogP contribution in [0.25, 0.3) is 0 Å². The largest absolute Gasteiger partial charge is 0.458 e. The highest BCUT2D eigenvalue weighted by Gasteiger charge is 2.70. The highest BCUT2D eigenvalue weighted by Crippen LogP contribution is 2.63. The van der Waals surface area contributed by atoms with Crippen molar-refractivity contribution in [3.63, 3.8) is 0 Å². The van der Waals surface area contributed by atoms with Crippen LogP contribution in [0.1, 0.15) is 67.2 Å². The molecule has 4 rings (SSSR count). The van der Waals surface area contributed by atoms with Crippen molar-refractivity contribution in [3.05, 3.63) is 11.1 Å². The van der Waals surface area contributed by atoms with Crippen LogP contribution in [0.15, 0.2) is 11.1 Å². The lowest BCUT2D eigenvalue weighted by atomic mass is 9.56. The van der Waals surface area contributed by atoms with Crippen LogP contribution >= 0.6 is 0 Å². The molecule has 0 radical (unpaired) electrons. The molecule has 4 aliphatic rings. The molecule has 3 heterocycles. The number of ether oxygens (including phenoxy) is 3. The third-order valence-corrected chi connectivity index (χ3v) is 8.98. The minimum atomic E-state index is -0.908. The molecule has 0 amide bonds. The summed E-state index contributed by atoms with van der Waals surface area (Å²) in [6, 6.07) is 0. The maximum atomic E-state index is 12.3. The molecular formula is C25H40O7. The molecular weight excluding hydrogens is 412 g/mol. The molecule has 0 aromatic heterocycles. The normalized spacial score (nSPS) is 43.7. The van der Waals surface area contributed by atoms with E-state index in [1.54, 1.807) is 6.92 Å². The first-order chi connectivity index (χ1) is 14.9. The second-order valence-corrected chi connectivity index (χ2v) is 11.2. The van der Waals surface area contributed by atoms with E-state index in [9.17, 15) is 20.1 Å². The van der Waals surface area contributed by atoms with Crippen molar-refractivity contribution in [1.29, 1.82) is 0 Å². The lowest BCUT2D eigenvalue weighted by molar-refractivity contribution is -0.137. The van der Waals surface area contributed by atoms with Crippen molar-refractivity contribution in [2.75, 3.05) is 6.61 Å². The Morgan fingerprint density at radius 3 is 2.44 bits per heavy atom. The molecule has 182 valence electrons. The molecule has 7 heteroatoms. The van der Waals surface area contributed by atoms with Gasteiger partial charge < -0.3 is 29.5 Å². The molecule has 1 unspecified atom stereocenters. The molecule has 0 bridgehead atoms. The first kappa shape index (κ1) is 24.1. The number of hydrogen-bond acceptors (Lipinski definition) is 7. The molecule has 7 nitrogen and oxygen atoms in total. The number of carbonyl (C=O) groups is 1. The number of aliphatic hydroxyl groups excluding tert-OH is 3. The third kappa shape index (κ3) is 3.84. The summed E-state index contributed by atoms with van der Waals surface area (Å²) >= 11 is 0. The smallest absolute Gasteiger partial charge is 0.337 e. The van der Waals surface area contributed by atoms with Crippen LogP contribution in [0.5, 0.6) is 0 Å². The van der Waals surface area contributed by atoms with Crippen molar-refractivity contribution in [3.8, 4) is 0 Å². The average molecular weight is 453 g/mol. The van der Waals surface area contributed by atoms with Crippen LogP contribution in [0.2, 0.25) is 0 Å². The minimum Gasteiger partial charge on any atom is -0.458 e. The molecule has 0 spiro atoms. The summed E-state index contributed by atoms with van der Waals surface area (Å²) in [5.74, 6) is 0.416. The van der Waals surface area contributed by atoms with Gasteiger partial charge in [-0.3, -0.25) is 0 Å². The number of carbonyl (C=O) groups excluding carboxylic acids is 1. The molecule has 3 aliphatic heterocycles. The molecule has 1 aliphatic carbocycles. The van der Waals surface area contributed by atoms with Crippen molar-refractivity contribution in [1.82, 2.24) is 0 Å². The van der Waals surface area contributed by atoms with Crippen molar-refractivity contribution in [2.24, 2.45) is 23.2 Å². The van der Waals surface area contributed by atoms with Gasteiger partial charge in [0.05, 0.1) is 30.0 Å². The molecule has 0 aromatic carbocycles. The van der Waals surface area contributed by atoms with E-state index in [1.807, 2.05) is 6.92 Å². The Hall–Kier alpha value is -0.990. The Bertz CT molecular complexity index is 776. The number of hydrogen-bond donors (Lipinski definition) is 3. The van der Waals surface area contributed by atoms with E-state index in [4.69, 9.17) is 14.2 Å². The van der Waals surface area contributed by atoms with Crippen LogP contribution in [0.4, 0.5) is 0 Å². The van der Waals surface area contributed by atoms with Crippen molar-refractivity contribution >= 4 is 5.97 Å². The standard InChI is InChI=1S/C25H40O7/c1-7-14(12(2)3)8-17(27)21-19(31-21)9-16-15-11-30-23(29)20(15)18(28)10-24(16,5)25(6)22(32-25)13(4)26/h12-14,16-19,21-22,26-28H,7-11H2,1-6H3/t13-,14?,16+,17-,18+,19+,21+,22+,24+,25-/m1/s1. The van der Waals surface area contributed by atoms with E-state index in [1.165, 1.54) is 0 Å². The van der Waals surface area contributed by atoms with Crippen LogP contribution in [0.3, 0.4) is 0 Å². The summed E-state index contributed by atoms with van der Waals surface area (Å²) in [5, 5.41) is 31.8. The van der Waals surface area contributed by atoms with Gasteiger partial charge in [0.2, 0.25) is 0 Å². The zero-order valence-corrected chi connectivity index (χ0v) is 20.2. The number of esters is 1. The van der Waals surface area contributed by atoms with E-state index in [-0.39, 0.29) is 30.8 Å². The highest BCUT2D eigenvalue weighted by atomic mass is 16.6. The predicted molar refractivity (Wildman–Crippen MR) is 118 cm³/mol. The Kier molecular flexibility index (Phi) is 6.30. The lowest BCUT2D eigenvalue weighted by Gasteiger charge is -2.46. The van der Waals surface area contributed by atoms with E-state index in [0.29, 0.717) is 30.3 Å². The Balaban J connectivity index is 1.55. The fraction of sp³-hybridized carbons (Fsp3) is 0.880. The minimum absolute atomic E-state index is 0.102. The van der Waals surface area contributed by atoms with Gasteiger partial charge in [-0.25, -0.2) is 4.79 Å². The molecule has 3 N–H and O–H groups in total. The van der Waals surface area contributed by atoms with Gasteiger partial charge in [-0.1, -0.05) is 34.1 Å². The summed E-state index contributed by atoms with van der Waals surface area (Å²) in [7, 11) is 0. The van der Waals surface area contributed by atoms with Crippen LogP contribution < -0.4 is 0 Å². The fourth-order valence-electron chi connectivity index (χ4n) is 6.57.